The van der Waals surface area contributed by atoms with E-state index in [2.05, 4.69) is 6.92 Å². The normalized spacial score (nSPS) is 20.3. The summed E-state index contributed by atoms with van der Waals surface area (Å²) in [5.74, 6) is -2.56. The van der Waals surface area contributed by atoms with Crippen LogP contribution < -0.4 is 0 Å². The van der Waals surface area contributed by atoms with Gasteiger partial charge in [-0.1, -0.05) is 13.8 Å². The number of esters is 3. The Balaban J connectivity index is 2.70. The van der Waals surface area contributed by atoms with E-state index in [1.165, 1.54) is 7.11 Å². The van der Waals surface area contributed by atoms with E-state index in [9.17, 15) is 22.8 Å². The van der Waals surface area contributed by atoms with Gasteiger partial charge >= 0.3 is 17.9 Å². The molecule has 0 heterocycles. The second kappa shape index (κ2) is 15.5. The number of carbonyl (C=O) groups is 3. The van der Waals surface area contributed by atoms with Crippen LogP contribution in [-0.2, 0) is 42.9 Å². The summed E-state index contributed by atoms with van der Waals surface area (Å²) < 4.78 is 45.2. The van der Waals surface area contributed by atoms with E-state index in [-0.39, 0.29) is 45.7 Å². The SMILES string of the molecule is CCC(CC(CC(C)(C)C(=O)OC)C(=O)OCCCO)C(=O)OCCOS(=O)(=O)C1CCC(C)CC1. The van der Waals surface area contributed by atoms with Gasteiger partial charge in [0, 0.05) is 13.0 Å². The number of carbonyl (C=O) groups excluding carboxylic acids is 3. The lowest BCUT2D eigenvalue weighted by Gasteiger charge is -2.28. The molecule has 0 aromatic carbocycles. The number of methoxy groups -OCH3 is 1. The maximum absolute atomic E-state index is 12.7. The minimum atomic E-state index is -3.72. The molecule has 10 nitrogen and oxygen atoms in total. The first-order chi connectivity index (χ1) is 16.9. The van der Waals surface area contributed by atoms with Gasteiger partial charge in [0.25, 0.3) is 10.1 Å². The Morgan fingerprint density at radius 2 is 1.56 bits per heavy atom. The van der Waals surface area contributed by atoms with Gasteiger partial charge in [-0.2, -0.15) is 8.42 Å². The number of ether oxygens (including phenoxy) is 3. The molecule has 2 unspecified atom stereocenters. The average Bonchev–Trinajstić information content (AvgIpc) is 2.83. The van der Waals surface area contributed by atoms with E-state index in [0.717, 1.165) is 12.8 Å². The number of rotatable bonds is 16. The Labute approximate surface area is 215 Å². The lowest BCUT2D eigenvalue weighted by molar-refractivity contribution is -0.157. The van der Waals surface area contributed by atoms with Crippen LogP contribution in [0.5, 0.6) is 0 Å². The second-order valence-corrected chi connectivity index (χ2v) is 12.1. The van der Waals surface area contributed by atoms with Gasteiger partial charge in [0.15, 0.2) is 0 Å². The third-order valence-corrected chi connectivity index (χ3v) is 8.50. The maximum Gasteiger partial charge on any atom is 0.311 e. The lowest BCUT2D eigenvalue weighted by atomic mass is 9.78. The molecule has 0 amide bonds. The first-order valence-corrected chi connectivity index (χ1v) is 14.3. The summed E-state index contributed by atoms with van der Waals surface area (Å²) >= 11 is 0. The number of hydrogen-bond donors (Lipinski definition) is 1. The third kappa shape index (κ3) is 10.7. The smallest absolute Gasteiger partial charge is 0.311 e. The molecule has 0 radical (unpaired) electrons. The highest BCUT2D eigenvalue weighted by Crippen LogP contribution is 2.32. The Morgan fingerprint density at radius 3 is 2.11 bits per heavy atom. The summed E-state index contributed by atoms with van der Waals surface area (Å²) in [6, 6.07) is 0. The molecule has 0 aromatic heterocycles. The van der Waals surface area contributed by atoms with Gasteiger partial charge < -0.3 is 19.3 Å². The van der Waals surface area contributed by atoms with Crippen LogP contribution in [0, 0.1) is 23.2 Å². The summed E-state index contributed by atoms with van der Waals surface area (Å²) in [5.41, 5.74) is -0.989. The van der Waals surface area contributed by atoms with Crippen LogP contribution in [-0.4, -0.2) is 70.2 Å². The Morgan fingerprint density at radius 1 is 0.972 bits per heavy atom. The summed E-state index contributed by atoms with van der Waals surface area (Å²) in [5, 5.41) is 8.42. The van der Waals surface area contributed by atoms with E-state index in [4.69, 9.17) is 23.5 Å². The summed E-state index contributed by atoms with van der Waals surface area (Å²) in [7, 11) is -2.45. The standard InChI is InChI=1S/C25H44O10S/c1-6-19(16-20(23(28)33-13-7-12-26)17-25(3,4)24(29)32-5)22(27)34-14-15-35-36(30,31)21-10-8-18(2)9-11-21/h18-21,26H,6-17H2,1-5H3. The zero-order chi connectivity index (χ0) is 27.4. The Kier molecular flexibility index (Phi) is 13.9. The number of aliphatic hydroxyl groups is 1. The van der Waals surface area contributed by atoms with Crippen molar-refractivity contribution < 1.29 is 46.3 Å². The molecule has 11 heteroatoms. The van der Waals surface area contributed by atoms with E-state index >= 15 is 0 Å². The highest BCUT2D eigenvalue weighted by molar-refractivity contribution is 7.87. The molecule has 1 rings (SSSR count). The zero-order valence-electron chi connectivity index (χ0n) is 22.3. The van der Waals surface area contributed by atoms with Crippen molar-refractivity contribution in [3.05, 3.63) is 0 Å². The van der Waals surface area contributed by atoms with Gasteiger partial charge in [-0.05, 0) is 64.7 Å². The van der Waals surface area contributed by atoms with E-state index < -0.39 is 50.5 Å². The molecule has 0 spiro atoms. The zero-order valence-corrected chi connectivity index (χ0v) is 23.1. The molecule has 0 saturated heterocycles. The van der Waals surface area contributed by atoms with Crippen molar-refractivity contribution in [1.82, 2.24) is 0 Å². The van der Waals surface area contributed by atoms with Gasteiger partial charge in [-0.3, -0.25) is 18.6 Å². The first-order valence-electron chi connectivity index (χ1n) is 12.8. The fourth-order valence-corrected chi connectivity index (χ4v) is 5.73. The monoisotopic (exact) mass is 536 g/mol. The van der Waals surface area contributed by atoms with Gasteiger partial charge in [0.1, 0.15) is 13.2 Å². The van der Waals surface area contributed by atoms with E-state index in [1.54, 1.807) is 20.8 Å². The first kappa shape index (κ1) is 32.3. The molecule has 1 fully saturated rings. The van der Waals surface area contributed by atoms with Crippen molar-refractivity contribution in [1.29, 1.82) is 0 Å². The Bertz CT molecular complexity index is 800. The molecule has 1 aliphatic carbocycles. The van der Waals surface area contributed by atoms with Crippen LogP contribution in [0.4, 0.5) is 0 Å². The predicted octanol–water partition coefficient (Wildman–Crippen LogP) is 3.00. The van der Waals surface area contributed by atoms with Crippen molar-refractivity contribution in [3.8, 4) is 0 Å². The lowest BCUT2D eigenvalue weighted by Crippen LogP contribution is -2.34. The molecular weight excluding hydrogens is 492 g/mol. The number of hydrogen-bond acceptors (Lipinski definition) is 10. The van der Waals surface area contributed by atoms with E-state index in [0.29, 0.717) is 25.2 Å². The topological polar surface area (TPSA) is 142 Å². The molecule has 1 aliphatic rings. The van der Waals surface area contributed by atoms with Gasteiger partial charge in [-0.25, -0.2) is 0 Å². The van der Waals surface area contributed by atoms with Crippen molar-refractivity contribution in [2.24, 2.45) is 23.2 Å². The van der Waals surface area contributed by atoms with Crippen molar-refractivity contribution >= 4 is 28.0 Å². The molecular formula is C25H44O10S. The fourth-order valence-electron chi connectivity index (χ4n) is 4.39. The highest BCUT2D eigenvalue weighted by Gasteiger charge is 2.38. The van der Waals surface area contributed by atoms with Crippen LogP contribution in [0.1, 0.15) is 79.1 Å². The summed E-state index contributed by atoms with van der Waals surface area (Å²) in [4.78, 5) is 37.6. The molecule has 0 aromatic rings. The van der Waals surface area contributed by atoms with Crippen LogP contribution >= 0.6 is 0 Å². The molecule has 210 valence electrons. The number of aliphatic hydroxyl groups excluding tert-OH is 1. The van der Waals surface area contributed by atoms with Crippen molar-refractivity contribution in [3.63, 3.8) is 0 Å². The van der Waals surface area contributed by atoms with Crippen LogP contribution in [0.25, 0.3) is 0 Å². The van der Waals surface area contributed by atoms with Crippen molar-refractivity contribution in [2.45, 2.75) is 84.3 Å². The van der Waals surface area contributed by atoms with Crippen LogP contribution in [0.3, 0.4) is 0 Å². The fraction of sp³-hybridized carbons (Fsp3) is 0.880. The minimum Gasteiger partial charge on any atom is -0.469 e. The average molecular weight is 537 g/mol. The molecule has 0 aliphatic heterocycles. The quantitative estimate of drug-likeness (QED) is 0.135. The van der Waals surface area contributed by atoms with Crippen LogP contribution in [0.2, 0.25) is 0 Å². The van der Waals surface area contributed by atoms with Gasteiger partial charge in [-0.15, -0.1) is 0 Å². The highest BCUT2D eigenvalue weighted by atomic mass is 32.2. The predicted molar refractivity (Wildman–Crippen MR) is 132 cm³/mol. The summed E-state index contributed by atoms with van der Waals surface area (Å²) in [6.45, 7) is 6.58. The second-order valence-electron chi connectivity index (χ2n) is 10.2. The van der Waals surface area contributed by atoms with E-state index in [1.807, 2.05) is 0 Å². The molecule has 0 bridgehead atoms. The minimum absolute atomic E-state index is 0.0252. The maximum atomic E-state index is 12.7. The molecule has 2 atom stereocenters. The van der Waals surface area contributed by atoms with Crippen LogP contribution in [0.15, 0.2) is 0 Å². The molecule has 36 heavy (non-hydrogen) atoms. The van der Waals surface area contributed by atoms with Gasteiger partial charge in [0.2, 0.25) is 0 Å². The Hall–Kier alpha value is -1.72. The third-order valence-electron chi connectivity index (χ3n) is 6.72. The summed E-state index contributed by atoms with van der Waals surface area (Å²) in [6.07, 6.45) is 3.67. The van der Waals surface area contributed by atoms with Crippen molar-refractivity contribution in [2.75, 3.05) is 33.5 Å². The molecule has 1 N–H and O–H groups in total. The van der Waals surface area contributed by atoms with Gasteiger partial charge in [0.05, 0.1) is 36.2 Å². The largest absolute Gasteiger partial charge is 0.469 e. The molecule has 1 saturated carbocycles.